The van der Waals surface area contributed by atoms with Crippen molar-refractivity contribution in [3.05, 3.63) is 94.5 Å². The van der Waals surface area contributed by atoms with E-state index in [9.17, 15) is 14.7 Å². The topological polar surface area (TPSA) is 72.9 Å². The number of benzene rings is 3. The molecular formula is C26H23Cl2N3O3. The van der Waals surface area contributed by atoms with Crippen LogP contribution in [0, 0.1) is 0 Å². The van der Waals surface area contributed by atoms with Gasteiger partial charge in [0.25, 0.3) is 0 Å². The molecule has 8 heteroatoms. The molecule has 0 saturated carbocycles. The van der Waals surface area contributed by atoms with Crippen LogP contribution >= 0.6 is 23.2 Å². The predicted octanol–water partition coefficient (Wildman–Crippen LogP) is 5.43. The molecule has 1 heterocycles. The van der Waals surface area contributed by atoms with Gasteiger partial charge in [0.1, 0.15) is 0 Å². The molecule has 1 aliphatic rings. The molecular weight excluding hydrogens is 473 g/mol. The summed E-state index contributed by atoms with van der Waals surface area (Å²) < 4.78 is 0. The van der Waals surface area contributed by atoms with Gasteiger partial charge in [-0.1, -0.05) is 59.6 Å². The third-order valence-corrected chi connectivity index (χ3v) is 6.45. The van der Waals surface area contributed by atoms with Gasteiger partial charge in [0, 0.05) is 43.6 Å². The van der Waals surface area contributed by atoms with E-state index in [1.807, 2.05) is 36.4 Å². The lowest BCUT2D eigenvalue weighted by Gasteiger charge is -2.37. The van der Waals surface area contributed by atoms with E-state index in [-0.39, 0.29) is 5.57 Å². The second kappa shape index (κ2) is 10.6. The standard InChI is InChI=1S/C26H23Cl2N3O3/c27-22-7-4-8-23(25(22)28)31-15-13-30(14-16-31)20-11-9-19(10-12-20)29-24(32)17-21(26(33)34)18-5-2-1-3-6-18/h1-12,17H,13-16H2,(H,29,32)(H,33,34)/b21-17+. The number of nitrogens with one attached hydrogen (secondary N) is 1. The minimum absolute atomic E-state index is 0.0626. The number of piperazine rings is 1. The smallest absolute Gasteiger partial charge is 0.336 e. The van der Waals surface area contributed by atoms with Crippen LogP contribution in [-0.4, -0.2) is 43.2 Å². The number of carbonyl (C=O) groups excluding carboxylic acids is 1. The van der Waals surface area contributed by atoms with Crippen molar-refractivity contribution in [2.75, 3.05) is 41.3 Å². The van der Waals surface area contributed by atoms with E-state index >= 15 is 0 Å². The van der Waals surface area contributed by atoms with E-state index in [1.54, 1.807) is 36.4 Å². The van der Waals surface area contributed by atoms with Crippen LogP contribution in [0.25, 0.3) is 5.57 Å². The molecule has 0 aromatic heterocycles. The lowest BCUT2D eigenvalue weighted by Crippen LogP contribution is -2.46. The van der Waals surface area contributed by atoms with Crippen molar-refractivity contribution in [1.82, 2.24) is 0 Å². The van der Waals surface area contributed by atoms with Crippen LogP contribution < -0.4 is 15.1 Å². The number of hydrogen-bond acceptors (Lipinski definition) is 4. The monoisotopic (exact) mass is 495 g/mol. The van der Waals surface area contributed by atoms with Crippen molar-refractivity contribution in [1.29, 1.82) is 0 Å². The van der Waals surface area contributed by atoms with Crippen molar-refractivity contribution < 1.29 is 14.7 Å². The highest BCUT2D eigenvalue weighted by Gasteiger charge is 2.20. The molecule has 1 amide bonds. The maximum absolute atomic E-state index is 12.4. The van der Waals surface area contributed by atoms with Crippen molar-refractivity contribution >= 4 is 57.7 Å². The van der Waals surface area contributed by atoms with Crippen LogP contribution in [0.15, 0.2) is 78.9 Å². The zero-order valence-corrected chi connectivity index (χ0v) is 19.8. The number of carboxylic acid groups (broad SMARTS) is 1. The zero-order chi connectivity index (χ0) is 24.1. The first-order valence-electron chi connectivity index (χ1n) is 10.8. The lowest BCUT2D eigenvalue weighted by molar-refractivity contribution is -0.130. The molecule has 2 N–H and O–H groups in total. The summed E-state index contributed by atoms with van der Waals surface area (Å²) in [5.74, 6) is -1.66. The van der Waals surface area contributed by atoms with Crippen molar-refractivity contribution in [2.45, 2.75) is 0 Å². The molecule has 1 aliphatic heterocycles. The van der Waals surface area contributed by atoms with Crippen LogP contribution in [0.3, 0.4) is 0 Å². The summed E-state index contributed by atoms with van der Waals surface area (Å²) in [5.41, 5.74) is 2.98. The van der Waals surface area contributed by atoms with Crippen LogP contribution in [0.2, 0.25) is 10.0 Å². The Labute approximate surface area is 208 Å². The summed E-state index contributed by atoms with van der Waals surface area (Å²) in [5, 5.41) is 13.3. The normalized spacial score (nSPS) is 14.1. The SMILES string of the molecule is O=C(/C=C(/C(=O)O)c1ccccc1)Nc1ccc(N2CCN(c3cccc(Cl)c3Cl)CC2)cc1. The Hall–Kier alpha value is -3.48. The quantitative estimate of drug-likeness (QED) is 0.446. The van der Waals surface area contributed by atoms with Gasteiger partial charge in [-0.2, -0.15) is 0 Å². The van der Waals surface area contributed by atoms with Gasteiger partial charge in [0.15, 0.2) is 0 Å². The Kier molecular flexibility index (Phi) is 7.40. The Morgan fingerprint density at radius 3 is 2.12 bits per heavy atom. The van der Waals surface area contributed by atoms with E-state index in [0.29, 0.717) is 21.3 Å². The van der Waals surface area contributed by atoms with Gasteiger partial charge in [-0.3, -0.25) is 4.79 Å². The van der Waals surface area contributed by atoms with E-state index < -0.39 is 11.9 Å². The molecule has 0 atom stereocenters. The lowest BCUT2D eigenvalue weighted by atomic mass is 10.1. The first-order chi connectivity index (χ1) is 16.4. The summed E-state index contributed by atoms with van der Waals surface area (Å²) in [6, 6.07) is 21.7. The largest absolute Gasteiger partial charge is 0.478 e. The van der Waals surface area contributed by atoms with Gasteiger partial charge in [0.2, 0.25) is 5.91 Å². The molecule has 0 unspecified atom stereocenters. The Morgan fingerprint density at radius 1 is 0.824 bits per heavy atom. The molecule has 1 fully saturated rings. The van der Waals surface area contributed by atoms with Crippen molar-refractivity contribution in [3.63, 3.8) is 0 Å². The summed E-state index contributed by atoms with van der Waals surface area (Å²) >= 11 is 12.5. The summed E-state index contributed by atoms with van der Waals surface area (Å²) in [4.78, 5) is 28.5. The number of anilines is 3. The first-order valence-corrected chi connectivity index (χ1v) is 11.5. The minimum atomic E-state index is -1.16. The Balaban J connectivity index is 1.37. The molecule has 34 heavy (non-hydrogen) atoms. The average Bonchev–Trinajstić information content (AvgIpc) is 2.85. The van der Waals surface area contributed by atoms with Gasteiger partial charge in [0.05, 0.1) is 21.3 Å². The number of nitrogens with zero attached hydrogens (tertiary/aromatic N) is 2. The first kappa shape index (κ1) is 23.7. The zero-order valence-electron chi connectivity index (χ0n) is 18.2. The number of rotatable bonds is 6. The fourth-order valence-electron chi connectivity index (χ4n) is 3.89. The molecule has 0 aliphatic carbocycles. The minimum Gasteiger partial charge on any atom is -0.478 e. The number of carboxylic acids is 1. The van der Waals surface area contributed by atoms with Crippen LogP contribution in [0.5, 0.6) is 0 Å². The predicted molar refractivity (Wildman–Crippen MR) is 138 cm³/mol. The third-order valence-electron chi connectivity index (χ3n) is 5.64. The van der Waals surface area contributed by atoms with E-state index in [1.165, 1.54) is 0 Å². The van der Waals surface area contributed by atoms with Crippen LogP contribution in [-0.2, 0) is 9.59 Å². The molecule has 6 nitrogen and oxygen atoms in total. The Bertz CT molecular complexity index is 1210. The fraction of sp³-hybridized carbons (Fsp3) is 0.154. The third kappa shape index (κ3) is 5.53. The number of aliphatic carboxylic acids is 1. The van der Waals surface area contributed by atoms with Gasteiger partial charge in [-0.25, -0.2) is 4.79 Å². The van der Waals surface area contributed by atoms with E-state index in [4.69, 9.17) is 23.2 Å². The molecule has 0 spiro atoms. The maximum atomic E-state index is 12.4. The molecule has 174 valence electrons. The number of halogens is 2. The molecule has 4 rings (SSSR count). The van der Waals surface area contributed by atoms with Crippen LogP contribution in [0.4, 0.5) is 17.1 Å². The maximum Gasteiger partial charge on any atom is 0.336 e. The fourth-order valence-corrected chi connectivity index (χ4v) is 4.31. The molecule has 3 aromatic carbocycles. The second-order valence-corrected chi connectivity index (χ2v) is 8.60. The van der Waals surface area contributed by atoms with Crippen LogP contribution in [0.1, 0.15) is 5.56 Å². The number of hydrogen-bond donors (Lipinski definition) is 2. The van der Waals surface area contributed by atoms with E-state index in [0.717, 1.165) is 43.6 Å². The number of carbonyl (C=O) groups is 2. The van der Waals surface area contributed by atoms with Gasteiger partial charge >= 0.3 is 5.97 Å². The highest BCUT2D eigenvalue weighted by molar-refractivity contribution is 6.43. The average molecular weight is 496 g/mol. The summed E-state index contributed by atoms with van der Waals surface area (Å²) in [6.07, 6.45) is 1.10. The van der Waals surface area contributed by atoms with Gasteiger partial charge in [-0.05, 0) is 42.0 Å². The van der Waals surface area contributed by atoms with Crippen molar-refractivity contribution in [3.8, 4) is 0 Å². The summed E-state index contributed by atoms with van der Waals surface area (Å²) in [6.45, 7) is 3.24. The highest BCUT2D eigenvalue weighted by atomic mass is 35.5. The van der Waals surface area contributed by atoms with Gasteiger partial charge in [-0.15, -0.1) is 0 Å². The highest BCUT2D eigenvalue weighted by Crippen LogP contribution is 2.33. The second-order valence-electron chi connectivity index (χ2n) is 7.81. The molecule has 1 saturated heterocycles. The van der Waals surface area contributed by atoms with Crippen molar-refractivity contribution in [2.24, 2.45) is 0 Å². The molecule has 3 aromatic rings. The summed E-state index contributed by atoms with van der Waals surface area (Å²) in [7, 11) is 0. The number of amides is 1. The molecule has 0 bridgehead atoms. The van der Waals surface area contributed by atoms with E-state index in [2.05, 4.69) is 15.1 Å². The Morgan fingerprint density at radius 2 is 1.47 bits per heavy atom. The molecule has 0 radical (unpaired) electrons. The van der Waals surface area contributed by atoms with Gasteiger partial charge < -0.3 is 20.2 Å².